The molecule has 2 aliphatic rings. The lowest BCUT2D eigenvalue weighted by Crippen LogP contribution is -2.42. The fraction of sp³-hybridized carbons (Fsp3) is 0.652. The Labute approximate surface area is 213 Å². The van der Waals surface area contributed by atoms with Crippen LogP contribution in [0.1, 0.15) is 40.3 Å². The number of hydrogen-bond acceptors (Lipinski definition) is 13. The summed E-state index contributed by atoms with van der Waals surface area (Å²) < 4.78 is 29.5. The monoisotopic (exact) mass is 520 g/mol. The Hall–Kier alpha value is -3.36. The molecule has 202 valence electrons. The predicted octanol–water partition coefficient (Wildman–Crippen LogP) is 0.314. The van der Waals surface area contributed by atoms with E-state index < -0.39 is 48.5 Å². The van der Waals surface area contributed by atoms with Crippen molar-refractivity contribution in [2.45, 2.75) is 70.7 Å². The van der Waals surface area contributed by atoms with Crippen LogP contribution in [-0.4, -0.2) is 87.6 Å². The number of aromatic nitrogens is 4. The Bertz CT molecular complexity index is 1130. The van der Waals surface area contributed by atoms with Gasteiger partial charge in [-0.15, -0.1) is 0 Å². The van der Waals surface area contributed by atoms with Gasteiger partial charge in [-0.25, -0.2) is 15.0 Å². The number of carbonyl (C=O) groups excluding carboxylic acids is 3. The summed E-state index contributed by atoms with van der Waals surface area (Å²) >= 11 is 0. The van der Waals surface area contributed by atoms with Gasteiger partial charge in [0.1, 0.15) is 25.1 Å². The minimum Gasteiger partial charge on any atom is -0.462 e. The van der Waals surface area contributed by atoms with E-state index >= 15 is 0 Å². The molecule has 14 heteroatoms. The molecule has 0 spiro atoms. The van der Waals surface area contributed by atoms with Crippen molar-refractivity contribution in [3.8, 4) is 0 Å². The number of rotatable bonds is 9. The molecule has 2 aromatic heterocycles. The zero-order valence-corrected chi connectivity index (χ0v) is 21.2. The van der Waals surface area contributed by atoms with Crippen LogP contribution in [0, 0.1) is 5.92 Å². The van der Waals surface area contributed by atoms with E-state index in [4.69, 9.17) is 29.4 Å². The summed E-state index contributed by atoms with van der Waals surface area (Å²) in [5, 5.41) is 3.31. The topological polar surface area (TPSA) is 179 Å². The van der Waals surface area contributed by atoms with Gasteiger partial charge in [0.05, 0.1) is 19.0 Å². The molecule has 3 N–H and O–H groups in total. The Kier molecular flexibility index (Phi) is 8.19. The van der Waals surface area contributed by atoms with Crippen molar-refractivity contribution in [1.29, 1.82) is 0 Å². The first-order valence-electron chi connectivity index (χ1n) is 12.1. The van der Waals surface area contributed by atoms with E-state index in [1.165, 1.54) is 26.5 Å². The molecule has 0 amide bonds. The molecule has 6 atom stereocenters. The number of nitrogens with two attached hydrogens (primary N) is 1. The number of nitrogens with zero attached hydrogens (tertiary/aromatic N) is 4. The maximum Gasteiger partial charge on any atom is 0.323 e. The van der Waals surface area contributed by atoms with Crippen LogP contribution >= 0.6 is 0 Å². The zero-order chi connectivity index (χ0) is 26.7. The zero-order valence-electron chi connectivity index (χ0n) is 21.2. The van der Waals surface area contributed by atoms with Gasteiger partial charge >= 0.3 is 17.9 Å². The van der Waals surface area contributed by atoms with Crippen LogP contribution in [0.3, 0.4) is 0 Å². The van der Waals surface area contributed by atoms with Crippen molar-refractivity contribution >= 4 is 34.9 Å². The smallest absolute Gasteiger partial charge is 0.323 e. The third-order valence-electron chi connectivity index (χ3n) is 6.17. The highest BCUT2D eigenvalue weighted by atomic mass is 16.7. The first kappa shape index (κ1) is 26.7. The molecular weight excluding hydrogens is 488 g/mol. The highest BCUT2D eigenvalue weighted by Crippen LogP contribution is 2.36. The molecule has 2 fully saturated rings. The van der Waals surface area contributed by atoms with Crippen LogP contribution in [0.25, 0.3) is 11.2 Å². The molecular formula is C23H32N6O8. The number of nitrogens with one attached hydrogen (secondary N) is 1. The van der Waals surface area contributed by atoms with Gasteiger partial charge in [-0.2, -0.15) is 0 Å². The minimum atomic E-state index is -1.07. The maximum atomic E-state index is 12.3. The Morgan fingerprint density at radius 2 is 1.89 bits per heavy atom. The number of anilines is 1. The Morgan fingerprint density at radius 3 is 2.54 bits per heavy atom. The highest BCUT2D eigenvalue weighted by Gasteiger charge is 2.51. The standard InChI is InChI=1S/C23H32N6O8/c1-11(2)16(24)23(32)34-8-15-18(35-12(3)30)19(36-13(4)31)22(37-15)29-10-27-17-20(25-9-26-21(17)29)28-14-5-6-33-7-14/h9-11,14-16,18-19,22H,5-8,24H2,1-4H3,(H,25,26,28)/t14-,15-,16+,18-,19-,22-/m1/s1. The highest BCUT2D eigenvalue weighted by molar-refractivity contribution is 5.83. The minimum absolute atomic E-state index is 0.0874. The van der Waals surface area contributed by atoms with Crippen LogP contribution < -0.4 is 11.1 Å². The number of ether oxygens (including phenoxy) is 5. The van der Waals surface area contributed by atoms with Gasteiger partial charge in [-0.05, 0) is 12.3 Å². The summed E-state index contributed by atoms with van der Waals surface area (Å²) in [5.41, 5.74) is 6.76. The third kappa shape index (κ3) is 5.97. The van der Waals surface area contributed by atoms with Gasteiger partial charge in [0.2, 0.25) is 0 Å². The molecule has 2 aromatic rings. The quantitative estimate of drug-likeness (QED) is 0.341. The van der Waals surface area contributed by atoms with Crippen LogP contribution in [0.4, 0.5) is 5.82 Å². The van der Waals surface area contributed by atoms with E-state index in [0.717, 1.165) is 6.42 Å². The molecule has 0 unspecified atom stereocenters. The van der Waals surface area contributed by atoms with E-state index in [9.17, 15) is 14.4 Å². The van der Waals surface area contributed by atoms with Crippen LogP contribution in [0.15, 0.2) is 12.7 Å². The van der Waals surface area contributed by atoms with Crippen LogP contribution in [0.2, 0.25) is 0 Å². The number of imidazole rings is 1. The van der Waals surface area contributed by atoms with E-state index in [0.29, 0.717) is 30.2 Å². The fourth-order valence-electron chi connectivity index (χ4n) is 4.24. The molecule has 37 heavy (non-hydrogen) atoms. The maximum absolute atomic E-state index is 12.3. The molecule has 0 aliphatic carbocycles. The van der Waals surface area contributed by atoms with Crippen molar-refractivity contribution in [1.82, 2.24) is 19.5 Å². The second kappa shape index (κ2) is 11.4. The van der Waals surface area contributed by atoms with Crippen molar-refractivity contribution in [2.24, 2.45) is 11.7 Å². The van der Waals surface area contributed by atoms with Gasteiger partial charge in [-0.1, -0.05) is 13.8 Å². The molecule has 0 saturated carbocycles. The first-order valence-corrected chi connectivity index (χ1v) is 12.1. The van der Waals surface area contributed by atoms with Crippen molar-refractivity contribution < 1.29 is 38.1 Å². The SMILES string of the molecule is CC(=O)O[C@@H]1[C@H](OC(C)=O)[C@@H](COC(=O)[C@@H](N)C(C)C)O[C@H]1n1cnc2c(N[C@@H]3CCOC3)ncnc21. The second-order valence-corrected chi connectivity index (χ2v) is 9.36. The van der Waals surface area contributed by atoms with E-state index in [2.05, 4.69) is 20.3 Å². The summed E-state index contributed by atoms with van der Waals surface area (Å²) in [4.78, 5) is 49.4. The first-order chi connectivity index (χ1) is 17.7. The summed E-state index contributed by atoms with van der Waals surface area (Å²) in [5.74, 6) is -1.48. The number of fused-ring (bicyclic) bond motifs is 1. The number of esters is 3. The summed E-state index contributed by atoms with van der Waals surface area (Å²) in [7, 11) is 0. The summed E-state index contributed by atoms with van der Waals surface area (Å²) in [6.07, 6.45) is -0.391. The molecule has 2 aliphatic heterocycles. The largest absolute Gasteiger partial charge is 0.462 e. The van der Waals surface area contributed by atoms with Gasteiger partial charge in [-0.3, -0.25) is 19.0 Å². The van der Waals surface area contributed by atoms with Gasteiger partial charge < -0.3 is 34.7 Å². The van der Waals surface area contributed by atoms with Crippen molar-refractivity contribution in [3.05, 3.63) is 12.7 Å². The molecule has 2 saturated heterocycles. The predicted molar refractivity (Wildman–Crippen MR) is 127 cm³/mol. The van der Waals surface area contributed by atoms with E-state index in [1.807, 2.05) is 0 Å². The Balaban J connectivity index is 1.63. The second-order valence-electron chi connectivity index (χ2n) is 9.36. The summed E-state index contributed by atoms with van der Waals surface area (Å²) in [6.45, 7) is 6.98. The van der Waals surface area contributed by atoms with Crippen LogP contribution in [0.5, 0.6) is 0 Å². The molecule has 14 nitrogen and oxygen atoms in total. The van der Waals surface area contributed by atoms with Gasteiger partial charge in [0, 0.05) is 20.5 Å². The third-order valence-corrected chi connectivity index (χ3v) is 6.17. The molecule has 0 bridgehead atoms. The van der Waals surface area contributed by atoms with Crippen LogP contribution in [-0.2, 0) is 38.1 Å². The lowest BCUT2D eigenvalue weighted by molar-refractivity contribution is -0.166. The number of carbonyl (C=O) groups is 3. The average Bonchev–Trinajstić information content (AvgIpc) is 3.57. The summed E-state index contributed by atoms with van der Waals surface area (Å²) in [6, 6.07) is -0.747. The molecule has 4 rings (SSSR count). The Morgan fingerprint density at radius 1 is 1.16 bits per heavy atom. The molecule has 4 heterocycles. The van der Waals surface area contributed by atoms with Crippen molar-refractivity contribution in [2.75, 3.05) is 25.1 Å². The average molecular weight is 521 g/mol. The van der Waals surface area contributed by atoms with E-state index in [1.54, 1.807) is 18.4 Å². The lowest BCUT2D eigenvalue weighted by Gasteiger charge is -2.24. The van der Waals surface area contributed by atoms with Crippen molar-refractivity contribution in [3.63, 3.8) is 0 Å². The fourth-order valence-corrected chi connectivity index (χ4v) is 4.24. The van der Waals surface area contributed by atoms with E-state index in [-0.39, 0.29) is 18.6 Å². The molecule has 0 aromatic carbocycles. The van der Waals surface area contributed by atoms with Gasteiger partial charge in [0.25, 0.3) is 0 Å². The molecule has 0 radical (unpaired) electrons. The lowest BCUT2D eigenvalue weighted by atomic mass is 10.1. The normalized spacial score (nSPS) is 26.3. The van der Waals surface area contributed by atoms with Gasteiger partial charge in [0.15, 0.2) is 35.4 Å². The number of hydrogen-bond donors (Lipinski definition) is 2.